The molecule has 0 aliphatic carbocycles. The summed E-state index contributed by atoms with van der Waals surface area (Å²) in [7, 11) is 0. The zero-order valence-electron chi connectivity index (χ0n) is 27.3. The minimum atomic E-state index is 0.0695. The number of benzene rings is 5. The monoisotopic (exact) mass is 646 g/mol. The van der Waals surface area contributed by atoms with Crippen molar-refractivity contribution in [1.29, 1.82) is 5.26 Å². The highest BCUT2D eigenvalue weighted by Gasteiger charge is 2.20. The van der Waals surface area contributed by atoms with E-state index in [0.29, 0.717) is 5.56 Å². The van der Waals surface area contributed by atoms with Crippen LogP contribution in [0.1, 0.15) is 58.2 Å². The SMILES string of the molecule is CC(C)(C)c1ccc2sc(-c3ccc4c(c3)c3cc(-c5nc6cc(C(C)(C)C)ccc6s5)ccc3n4-c3ccc(C#N)cc3)nc2c1. The van der Waals surface area contributed by atoms with Gasteiger partial charge in [-0.1, -0.05) is 53.7 Å². The second-order valence-corrected chi connectivity index (χ2v) is 16.4. The summed E-state index contributed by atoms with van der Waals surface area (Å²) < 4.78 is 4.68. The van der Waals surface area contributed by atoms with Gasteiger partial charge in [-0.25, -0.2) is 9.97 Å². The summed E-state index contributed by atoms with van der Waals surface area (Å²) in [6, 6.07) is 36.8. The summed E-state index contributed by atoms with van der Waals surface area (Å²) in [6.45, 7) is 13.4. The Balaban J connectivity index is 1.32. The van der Waals surface area contributed by atoms with Gasteiger partial charge in [-0.3, -0.25) is 0 Å². The topological polar surface area (TPSA) is 54.5 Å². The van der Waals surface area contributed by atoms with Gasteiger partial charge in [-0.15, -0.1) is 22.7 Å². The Morgan fingerprint density at radius 3 is 1.47 bits per heavy atom. The van der Waals surface area contributed by atoms with Gasteiger partial charge < -0.3 is 4.57 Å². The molecule has 47 heavy (non-hydrogen) atoms. The molecule has 6 heteroatoms. The number of thiazole rings is 2. The highest BCUT2D eigenvalue weighted by atomic mass is 32.1. The van der Waals surface area contributed by atoms with Gasteiger partial charge in [0.2, 0.25) is 0 Å². The van der Waals surface area contributed by atoms with E-state index in [1.165, 1.54) is 20.5 Å². The molecule has 4 nitrogen and oxygen atoms in total. The van der Waals surface area contributed by atoms with Gasteiger partial charge in [0.15, 0.2) is 0 Å². The van der Waals surface area contributed by atoms with E-state index in [1.54, 1.807) is 22.7 Å². The van der Waals surface area contributed by atoms with E-state index < -0.39 is 0 Å². The molecule has 0 aliphatic rings. The van der Waals surface area contributed by atoms with Crippen LogP contribution in [-0.4, -0.2) is 14.5 Å². The Hall–Kier alpha value is -4.83. The molecule has 0 amide bonds. The fourth-order valence-corrected chi connectivity index (χ4v) is 8.17. The lowest BCUT2D eigenvalue weighted by atomic mass is 9.87. The average Bonchev–Trinajstić information content (AvgIpc) is 3.76. The van der Waals surface area contributed by atoms with E-state index >= 15 is 0 Å². The molecule has 0 bridgehead atoms. The molecule has 8 rings (SSSR count). The standard InChI is InChI=1S/C41H34N4S2/c1-40(2,3)27-11-17-36-32(21-27)43-38(46-36)25-9-15-34-30(19-25)31-20-26(10-16-35(31)45(34)29-13-7-24(23-42)8-14-29)39-44-33-22-28(41(4,5)6)12-18-37(33)47-39/h7-22H,1-6H3. The molecule has 0 fully saturated rings. The normalized spacial score (nSPS) is 12.4. The highest BCUT2D eigenvalue weighted by molar-refractivity contribution is 7.22. The predicted octanol–water partition coefficient (Wildman–Crippen LogP) is 11.8. The lowest BCUT2D eigenvalue weighted by Crippen LogP contribution is -2.10. The van der Waals surface area contributed by atoms with Gasteiger partial charge in [0.25, 0.3) is 0 Å². The van der Waals surface area contributed by atoms with Crippen LogP contribution in [-0.2, 0) is 10.8 Å². The number of nitrogens with zero attached hydrogens (tertiary/aromatic N) is 4. The van der Waals surface area contributed by atoms with Crippen molar-refractivity contribution in [3.05, 3.63) is 114 Å². The Kier molecular flexibility index (Phi) is 6.67. The third kappa shape index (κ3) is 5.11. The quantitative estimate of drug-likeness (QED) is 0.192. The fourth-order valence-electron chi connectivity index (χ4n) is 6.29. The molecule has 230 valence electrons. The van der Waals surface area contributed by atoms with E-state index in [0.717, 1.165) is 59.7 Å². The number of fused-ring (bicyclic) bond motifs is 5. The molecule has 5 aromatic carbocycles. The molecule has 8 aromatic rings. The summed E-state index contributed by atoms with van der Waals surface area (Å²) in [6.07, 6.45) is 0. The largest absolute Gasteiger partial charge is 0.309 e. The molecule has 0 spiro atoms. The van der Waals surface area contributed by atoms with Gasteiger partial charge in [-0.05, 0) is 107 Å². The van der Waals surface area contributed by atoms with Crippen LogP contribution in [0.15, 0.2) is 97.1 Å². The second kappa shape index (κ2) is 10.6. The van der Waals surface area contributed by atoms with Crippen molar-refractivity contribution < 1.29 is 0 Å². The molecule has 0 aliphatic heterocycles. The summed E-state index contributed by atoms with van der Waals surface area (Å²) in [4.78, 5) is 10.2. The molecule has 3 heterocycles. The van der Waals surface area contributed by atoms with E-state index in [4.69, 9.17) is 9.97 Å². The number of rotatable bonds is 3. The lowest BCUT2D eigenvalue weighted by Gasteiger charge is -2.18. The summed E-state index contributed by atoms with van der Waals surface area (Å²) in [5, 5.41) is 13.8. The third-order valence-corrected chi connectivity index (χ3v) is 11.2. The van der Waals surface area contributed by atoms with Crippen LogP contribution >= 0.6 is 22.7 Å². The van der Waals surface area contributed by atoms with Gasteiger partial charge in [0, 0.05) is 27.6 Å². The third-order valence-electron chi connectivity index (χ3n) is 9.02. The van der Waals surface area contributed by atoms with Crippen molar-refractivity contribution in [3.8, 4) is 32.9 Å². The highest BCUT2D eigenvalue weighted by Crippen LogP contribution is 2.40. The van der Waals surface area contributed by atoms with E-state index in [-0.39, 0.29) is 10.8 Å². The number of nitriles is 1. The van der Waals surface area contributed by atoms with E-state index in [2.05, 4.69) is 125 Å². The van der Waals surface area contributed by atoms with Crippen molar-refractivity contribution in [1.82, 2.24) is 14.5 Å². The van der Waals surface area contributed by atoms with Crippen molar-refractivity contribution in [2.24, 2.45) is 0 Å². The fraction of sp³-hybridized carbons (Fsp3) is 0.195. The van der Waals surface area contributed by atoms with Crippen LogP contribution in [0.3, 0.4) is 0 Å². The van der Waals surface area contributed by atoms with Gasteiger partial charge in [0.1, 0.15) is 10.0 Å². The van der Waals surface area contributed by atoms with Crippen LogP contribution in [0.2, 0.25) is 0 Å². The molecular formula is C41H34N4S2. The first-order valence-corrected chi connectivity index (χ1v) is 17.5. The van der Waals surface area contributed by atoms with E-state index in [1.807, 2.05) is 24.3 Å². The van der Waals surface area contributed by atoms with Crippen molar-refractivity contribution in [2.75, 3.05) is 0 Å². The molecule has 0 saturated heterocycles. The second-order valence-electron chi connectivity index (χ2n) is 14.4. The Morgan fingerprint density at radius 1 is 0.574 bits per heavy atom. The molecule has 3 aromatic heterocycles. The summed E-state index contributed by atoms with van der Waals surface area (Å²) in [5.74, 6) is 0. The van der Waals surface area contributed by atoms with Gasteiger partial charge >= 0.3 is 0 Å². The Labute approximate surface area is 282 Å². The van der Waals surface area contributed by atoms with Crippen LogP contribution < -0.4 is 0 Å². The van der Waals surface area contributed by atoms with E-state index in [9.17, 15) is 5.26 Å². The van der Waals surface area contributed by atoms with Crippen LogP contribution in [0.25, 0.3) is 69.1 Å². The maximum atomic E-state index is 9.43. The first kappa shape index (κ1) is 29.6. The van der Waals surface area contributed by atoms with Crippen LogP contribution in [0.5, 0.6) is 0 Å². The minimum Gasteiger partial charge on any atom is -0.309 e. The van der Waals surface area contributed by atoms with Crippen molar-refractivity contribution in [2.45, 2.75) is 52.4 Å². The first-order valence-electron chi connectivity index (χ1n) is 15.9. The first-order chi connectivity index (χ1) is 22.5. The maximum Gasteiger partial charge on any atom is 0.124 e. The van der Waals surface area contributed by atoms with Crippen LogP contribution in [0.4, 0.5) is 0 Å². The maximum absolute atomic E-state index is 9.43. The van der Waals surface area contributed by atoms with Crippen molar-refractivity contribution >= 4 is 64.9 Å². The number of hydrogen-bond acceptors (Lipinski definition) is 5. The molecular weight excluding hydrogens is 613 g/mol. The lowest BCUT2D eigenvalue weighted by molar-refractivity contribution is 0.591. The number of aromatic nitrogens is 3. The van der Waals surface area contributed by atoms with Gasteiger partial charge in [0.05, 0.1) is 43.1 Å². The summed E-state index contributed by atoms with van der Waals surface area (Å²) in [5.41, 5.74) is 10.9. The summed E-state index contributed by atoms with van der Waals surface area (Å²) >= 11 is 3.48. The molecule has 0 atom stereocenters. The van der Waals surface area contributed by atoms with Crippen LogP contribution in [0, 0.1) is 11.3 Å². The number of hydrogen-bond donors (Lipinski definition) is 0. The van der Waals surface area contributed by atoms with Crippen molar-refractivity contribution in [3.63, 3.8) is 0 Å². The minimum absolute atomic E-state index is 0.0695. The smallest absolute Gasteiger partial charge is 0.124 e. The molecule has 0 saturated carbocycles. The zero-order valence-corrected chi connectivity index (χ0v) is 29.0. The predicted molar refractivity (Wildman–Crippen MR) is 200 cm³/mol. The zero-order chi connectivity index (χ0) is 32.7. The molecule has 0 unspecified atom stereocenters. The average molecular weight is 647 g/mol. The molecule has 0 N–H and O–H groups in total. The Bertz CT molecular complexity index is 2390. The molecule has 0 radical (unpaired) electrons. The van der Waals surface area contributed by atoms with Gasteiger partial charge in [-0.2, -0.15) is 5.26 Å². The Morgan fingerprint density at radius 2 is 1.04 bits per heavy atom.